The molecule has 2 aromatic rings. The average molecular weight is 248 g/mol. The van der Waals surface area contributed by atoms with Crippen LogP contribution in [0.15, 0.2) is 29.6 Å². The molecule has 0 unspecified atom stereocenters. The van der Waals surface area contributed by atoms with Gasteiger partial charge in [-0.1, -0.05) is 25.1 Å². The number of nitrogens with one attached hydrogen (secondary N) is 1. The summed E-state index contributed by atoms with van der Waals surface area (Å²) in [4.78, 5) is 4.47. The second kappa shape index (κ2) is 5.68. The van der Waals surface area contributed by atoms with Crippen molar-refractivity contribution in [3.8, 4) is 5.75 Å². The lowest BCUT2D eigenvalue weighted by Crippen LogP contribution is -2.01. The van der Waals surface area contributed by atoms with E-state index in [-0.39, 0.29) is 0 Å². The summed E-state index contributed by atoms with van der Waals surface area (Å²) in [6, 6.07) is 8.01. The van der Waals surface area contributed by atoms with Crippen molar-refractivity contribution in [3.05, 3.63) is 40.9 Å². The molecule has 0 spiro atoms. The molecule has 4 heteroatoms. The first-order valence-electron chi connectivity index (χ1n) is 5.63. The smallest absolute Gasteiger partial charge is 0.183 e. The largest absolute Gasteiger partial charge is 0.496 e. The highest BCUT2D eigenvalue weighted by Gasteiger charge is 2.03. The highest BCUT2D eigenvalue weighted by atomic mass is 32.1. The number of methoxy groups -OCH3 is 1. The Balaban J connectivity index is 2.01. The zero-order valence-corrected chi connectivity index (χ0v) is 10.9. The fourth-order valence-corrected chi connectivity index (χ4v) is 2.36. The fraction of sp³-hybridized carbons (Fsp3) is 0.308. The lowest BCUT2D eigenvalue weighted by atomic mass is 10.2. The van der Waals surface area contributed by atoms with Crippen molar-refractivity contribution in [2.75, 3.05) is 12.4 Å². The van der Waals surface area contributed by atoms with Gasteiger partial charge in [0.15, 0.2) is 5.13 Å². The van der Waals surface area contributed by atoms with E-state index in [1.807, 2.05) is 18.2 Å². The second-order valence-electron chi connectivity index (χ2n) is 3.66. The molecule has 0 radical (unpaired) electrons. The molecule has 0 atom stereocenters. The van der Waals surface area contributed by atoms with Gasteiger partial charge in [-0.15, -0.1) is 11.3 Å². The molecule has 0 saturated heterocycles. The SMILES string of the molecule is CCc1csc(NCc2ccccc2OC)n1. The highest BCUT2D eigenvalue weighted by Crippen LogP contribution is 2.21. The van der Waals surface area contributed by atoms with Crippen LogP contribution >= 0.6 is 11.3 Å². The van der Waals surface area contributed by atoms with Crippen LogP contribution in [0.3, 0.4) is 0 Å². The van der Waals surface area contributed by atoms with Crippen molar-refractivity contribution in [1.29, 1.82) is 0 Å². The fourth-order valence-electron chi connectivity index (χ4n) is 1.57. The maximum Gasteiger partial charge on any atom is 0.183 e. The van der Waals surface area contributed by atoms with E-state index in [1.165, 1.54) is 0 Å². The first-order valence-corrected chi connectivity index (χ1v) is 6.51. The number of thiazole rings is 1. The van der Waals surface area contributed by atoms with E-state index < -0.39 is 0 Å². The molecule has 1 aromatic heterocycles. The predicted molar refractivity (Wildman–Crippen MR) is 71.8 cm³/mol. The maximum atomic E-state index is 5.30. The average Bonchev–Trinajstić information content (AvgIpc) is 2.84. The Hall–Kier alpha value is -1.55. The zero-order chi connectivity index (χ0) is 12.1. The molecule has 90 valence electrons. The Morgan fingerprint density at radius 3 is 2.88 bits per heavy atom. The topological polar surface area (TPSA) is 34.1 Å². The Morgan fingerprint density at radius 1 is 1.35 bits per heavy atom. The van der Waals surface area contributed by atoms with Gasteiger partial charge in [0.25, 0.3) is 0 Å². The molecule has 1 aromatic carbocycles. The van der Waals surface area contributed by atoms with Crippen LogP contribution < -0.4 is 10.1 Å². The molecule has 0 amide bonds. The van der Waals surface area contributed by atoms with Gasteiger partial charge in [-0.2, -0.15) is 0 Å². The Morgan fingerprint density at radius 2 is 2.18 bits per heavy atom. The summed E-state index contributed by atoms with van der Waals surface area (Å²) in [6.45, 7) is 2.85. The minimum Gasteiger partial charge on any atom is -0.496 e. The lowest BCUT2D eigenvalue weighted by molar-refractivity contribution is 0.410. The van der Waals surface area contributed by atoms with E-state index in [0.29, 0.717) is 0 Å². The van der Waals surface area contributed by atoms with E-state index >= 15 is 0 Å². The highest BCUT2D eigenvalue weighted by molar-refractivity contribution is 7.13. The molecule has 3 nitrogen and oxygen atoms in total. The number of benzene rings is 1. The van der Waals surface area contributed by atoms with Crippen molar-refractivity contribution in [1.82, 2.24) is 4.98 Å². The molecule has 0 bridgehead atoms. The summed E-state index contributed by atoms with van der Waals surface area (Å²) < 4.78 is 5.30. The van der Waals surface area contributed by atoms with Crippen molar-refractivity contribution < 1.29 is 4.74 Å². The van der Waals surface area contributed by atoms with Crippen LogP contribution in [0.5, 0.6) is 5.75 Å². The third-order valence-electron chi connectivity index (χ3n) is 2.54. The number of anilines is 1. The number of aromatic nitrogens is 1. The van der Waals surface area contributed by atoms with Gasteiger partial charge >= 0.3 is 0 Å². The first kappa shape index (κ1) is 11.9. The molecule has 2 rings (SSSR count). The lowest BCUT2D eigenvalue weighted by Gasteiger charge is -2.08. The molecule has 0 aliphatic rings. The Kier molecular flexibility index (Phi) is 3.98. The molecular weight excluding hydrogens is 232 g/mol. The quantitative estimate of drug-likeness (QED) is 0.881. The molecule has 0 aliphatic carbocycles. The van der Waals surface area contributed by atoms with E-state index in [1.54, 1.807) is 18.4 Å². The normalized spacial score (nSPS) is 10.2. The van der Waals surface area contributed by atoms with Gasteiger partial charge in [-0.05, 0) is 12.5 Å². The number of ether oxygens (including phenoxy) is 1. The number of rotatable bonds is 5. The monoisotopic (exact) mass is 248 g/mol. The van der Waals surface area contributed by atoms with Crippen LogP contribution in [0.2, 0.25) is 0 Å². The Labute approximate surface area is 105 Å². The van der Waals surface area contributed by atoms with Crippen LogP contribution in [0.25, 0.3) is 0 Å². The molecule has 0 fully saturated rings. The third-order valence-corrected chi connectivity index (χ3v) is 3.39. The van der Waals surface area contributed by atoms with Crippen molar-refractivity contribution in [3.63, 3.8) is 0 Å². The van der Waals surface area contributed by atoms with Gasteiger partial charge in [-0.25, -0.2) is 4.98 Å². The standard InChI is InChI=1S/C13H16N2OS/c1-3-11-9-17-13(15-11)14-8-10-6-4-5-7-12(10)16-2/h4-7,9H,3,8H2,1-2H3,(H,14,15). The second-order valence-corrected chi connectivity index (χ2v) is 4.52. The molecule has 1 heterocycles. The molecule has 0 saturated carbocycles. The maximum absolute atomic E-state index is 5.30. The van der Waals surface area contributed by atoms with Crippen LogP contribution in [0.4, 0.5) is 5.13 Å². The number of hydrogen-bond donors (Lipinski definition) is 1. The summed E-state index contributed by atoms with van der Waals surface area (Å²) >= 11 is 1.64. The van der Waals surface area contributed by atoms with Crippen LogP contribution in [-0.2, 0) is 13.0 Å². The van der Waals surface area contributed by atoms with Crippen molar-refractivity contribution in [2.24, 2.45) is 0 Å². The van der Waals surface area contributed by atoms with Gasteiger partial charge < -0.3 is 10.1 Å². The molecule has 17 heavy (non-hydrogen) atoms. The number of nitrogens with zero attached hydrogens (tertiary/aromatic N) is 1. The summed E-state index contributed by atoms with van der Waals surface area (Å²) in [7, 11) is 1.69. The van der Waals surface area contributed by atoms with Crippen LogP contribution in [-0.4, -0.2) is 12.1 Å². The van der Waals surface area contributed by atoms with Crippen molar-refractivity contribution >= 4 is 16.5 Å². The molecular formula is C13H16N2OS. The van der Waals surface area contributed by atoms with E-state index in [0.717, 1.165) is 35.1 Å². The minimum absolute atomic E-state index is 0.737. The zero-order valence-electron chi connectivity index (χ0n) is 10.1. The predicted octanol–water partition coefficient (Wildman–Crippen LogP) is 3.33. The summed E-state index contributed by atoms with van der Waals surface area (Å²) in [5.74, 6) is 0.910. The summed E-state index contributed by atoms with van der Waals surface area (Å²) in [5.41, 5.74) is 2.28. The van der Waals surface area contributed by atoms with Gasteiger partial charge in [0.2, 0.25) is 0 Å². The van der Waals surface area contributed by atoms with E-state index in [4.69, 9.17) is 4.74 Å². The van der Waals surface area contributed by atoms with Gasteiger partial charge in [-0.3, -0.25) is 0 Å². The summed E-state index contributed by atoms with van der Waals surface area (Å²) in [6.07, 6.45) is 0.979. The first-order chi connectivity index (χ1) is 8.33. The van der Waals surface area contributed by atoms with Crippen LogP contribution in [0.1, 0.15) is 18.2 Å². The van der Waals surface area contributed by atoms with Crippen LogP contribution in [0, 0.1) is 0 Å². The van der Waals surface area contributed by atoms with Gasteiger partial charge in [0.05, 0.1) is 12.8 Å². The molecule has 1 N–H and O–H groups in total. The van der Waals surface area contributed by atoms with E-state index in [9.17, 15) is 0 Å². The number of para-hydroxylation sites is 1. The van der Waals surface area contributed by atoms with E-state index in [2.05, 4.69) is 28.7 Å². The van der Waals surface area contributed by atoms with Gasteiger partial charge in [0.1, 0.15) is 5.75 Å². The molecule has 0 aliphatic heterocycles. The number of hydrogen-bond acceptors (Lipinski definition) is 4. The summed E-state index contributed by atoms with van der Waals surface area (Å²) in [5, 5.41) is 6.37. The van der Waals surface area contributed by atoms with Gasteiger partial charge in [0, 0.05) is 17.5 Å². The Bertz CT molecular complexity index is 482. The number of aryl methyl sites for hydroxylation is 1. The minimum atomic E-state index is 0.737. The third kappa shape index (κ3) is 2.97. The van der Waals surface area contributed by atoms with Crippen molar-refractivity contribution in [2.45, 2.75) is 19.9 Å².